The minimum absolute atomic E-state index is 0.150. The fourth-order valence-electron chi connectivity index (χ4n) is 4.54. The molecule has 2 nitrogen and oxygen atoms in total. The van der Waals surface area contributed by atoms with E-state index in [1.54, 1.807) is 0 Å². The molecule has 2 atom stereocenters. The van der Waals surface area contributed by atoms with Gasteiger partial charge in [0.15, 0.2) is 5.58 Å². The Bertz CT molecular complexity index is 889. The van der Waals surface area contributed by atoms with Crippen LogP contribution in [0.1, 0.15) is 39.7 Å². The molecule has 0 saturated carbocycles. The lowest BCUT2D eigenvalue weighted by molar-refractivity contribution is 0.486. The maximum Gasteiger partial charge on any atom is 0.158 e. The monoisotopic (exact) mass is 307 g/mol. The van der Waals surface area contributed by atoms with Crippen LogP contribution in [-0.4, -0.2) is 11.6 Å². The fraction of sp³-hybridized carbons (Fsp3) is 0.429. The van der Waals surface area contributed by atoms with Crippen molar-refractivity contribution in [3.05, 3.63) is 42.0 Å². The van der Waals surface area contributed by atoms with Gasteiger partial charge in [0.1, 0.15) is 5.58 Å². The Morgan fingerprint density at radius 3 is 2.48 bits per heavy atom. The van der Waals surface area contributed by atoms with E-state index in [0.29, 0.717) is 12.0 Å². The third-order valence-corrected chi connectivity index (χ3v) is 5.67. The van der Waals surface area contributed by atoms with Crippen molar-refractivity contribution < 1.29 is 4.42 Å². The Labute approximate surface area is 138 Å². The van der Waals surface area contributed by atoms with E-state index in [9.17, 15) is 0 Å². The average Bonchev–Trinajstić information content (AvgIpc) is 2.96. The van der Waals surface area contributed by atoms with Crippen molar-refractivity contribution in [2.75, 3.05) is 4.90 Å². The van der Waals surface area contributed by atoms with Crippen LogP contribution >= 0.6 is 0 Å². The number of hydrogen-bond acceptors (Lipinski definition) is 2. The van der Waals surface area contributed by atoms with Crippen LogP contribution in [0.15, 0.2) is 40.8 Å². The van der Waals surface area contributed by atoms with E-state index < -0.39 is 0 Å². The zero-order chi connectivity index (χ0) is 16.4. The number of hydrogen-bond donors (Lipinski definition) is 0. The van der Waals surface area contributed by atoms with Gasteiger partial charge in [-0.25, -0.2) is 0 Å². The minimum atomic E-state index is 0.150. The summed E-state index contributed by atoms with van der Waals surface area (Å²) in [6.07, 6.45) is 1.21. The SMILES string of the molecule is Cc1ccc2c(oc3ccccc32)c1N1[C@@H](C)C(C)CC1(C)C. The molecule has 0 amide bonds. The van der Waals surface area contributed by atoms with Crippen LogP contribution in [0.3, 0.4) is 0 Å². The second-order valence-corrected chi connectivity index (χ2v) is 7.81. The number of aryl methyl sites for hydroxylation is 1. The molecule has 0 spiro atoms. The second kappa shape index (κ2) is 4.77. The smallest absolute Gasteiger partial charge is 0.158 e. The van der Waals surface area contributed by atoms with E-state index >= 15 is 0 Å². The lowest BCUT2D eigenvalue weighted by Crippen LogP contribution is -2.42. The highest BCUT2D eigenvalue weighted by Crippen LogP contribution is 2.46. The number of rotatable bonds is 1. The van der Waals surface area contributed by atoms with Crippen molar-refractivity contribution in [1.29, 1.82) is 0 Å². The normalized spacial score (nSPS) is 24.0. The van der Waals surface area contributed by atoms with Crippen molar-refractivity contribution in [1.82, 2.24) is 0 Å². The number of para-hydroxylation sites is 1. The lowest BCUT2D eigenvalue weighted by atomic mass is 9.96. The van der Waals surface area contributed by atoms with Crippen molar-refractivity contribution >= 4 is 27.6 Å². The Balaban J connectivity index is 2.05. The number of anilines is 1. The topological polar surface area (TPSA) is 16.4 Å². The van der Waals surface area contributed by atoms with Crippen molar-refractivity contribution in [2.45, 2.75) is 52.6 Å². The predicted molar refractivity (Wildman–Crippen MR) is 98.3 cm³/mol. The summed E-state index contributed by atoms with van der Waals surface area (Å²) in [6.45, 7) is 11.6. The van der Waals surface area contributed by atoms with Crippen LogP contribution in [0, 0.1) is 12.8 Å². The minimum Gasteiger partial charge on any atom is -0.454 e. The van der Waals surface area contributed by atoms with Crippen LogP contribution in [0.25, 0.3) is 21.9 Å². The van der Waals surface area contributed by atoms with Crippen LogP contribution < -0.4 is 4.90 Å². The first-order chi connectivity index (χ1) is 10.9. The zero-order valence-electron chi connectivity index (χ0n) is 14.7. The van der Waals surface area contributed by atoms with Crippen molar-refractivity contribution in [3.63, 3.8) is 0 Å². The summed E-state index contributed by atoms with van der Waals surface area (Å²) in [6, 6.07) is 13.3. The largest absolute Gasteiger partial charge is 0.454 e. The van der Waals surface area contributed by atoms with E-state index in [0.717, 1.165) is 11.2 Å². The van der Waals surface area contributed by atoms with Gasteiger partial charge >= 0.3 is 0 Å². The highest BCUT2D eigenvalue weighted by Gasteiger charge is 2.43. The molecule has 1 aliphatic heterocycles. The number of fused-ring (bicyclic) bond motifs is 3. The molecule has 2 heterocycles. The predicted octanol–water partition coefficient (Wildman–Crippen LogP) is 5.91. The van der Waals surface area contributed by atoms with Gasteiger partial charge in [-0.2, -0.15) is 0 Å². The quantitative estimate of drug-likeness (QED) is 0.556. The highest BCUT2D eigenvalue weighted by atomic mass is 16.3. The summed E-state index contributed by atoms with van der Waals surface area (Å²) in [4.78, 5) is 2.59. The molecular formula is C21H25NO. The lowest BCUT2D eigenvalue weighted by Gasteiger charge is -2.38. The van der Waals surface area contributed by atoms with Gasteiger partial charge in [-0.15, -0.1) is 0 Å². The molecule has 120 valence electrons. The summed E-state index contributed by atoms with van der Waals surface area (Å²) in [5, 5.41) is 2.44. The highest BCUT2D eigenvalue weighted by molar-refractivity contribution is 6.09. The van der Waals surface area contributed by atoms with E-state index in [4.69, 9.17) is 4.42 Å². The van der Waals surface area contributed by atoms with Gasteiger partial charge in [0, 0.05) is 22.4 Å². The third kappa shape index (κ3) is 2.00. The standard InChI is InChI=1S/C21H25NO/c1-13-10-11-17-16-8-6-7-9-18(16)23-20(17)19(13)22-15(3)14(2)12-21(22,4)5/h6-11,14-15H,12H2,1-5H3/t14?,15-/m0/s1. The van der Waals surface area contributed by atoms with Crippen LogP contribution in [0.4, 0.5) is 5.69 Å². The summed E-state index contributed by atoms with van der Waals surface area (Å²) >= 11 is 0. The maximum atomic E-state index is 6.31. The first-order valence-corrected chi connectivity index (χ1v) is 8.60. The van der Waals surface area contributed by atoms with Gasteiger partial charge in [0.25, 0.3) is 0 Å². The Hall–Kier alpha value is -1.96. The van der Waals surface area contributed by atoms with E-state index in [1.807, 2.05) is 6.07 Å². The zero-order valence-corrected chi connectivity index (χ0v) is 14.7. The molecule has 1 fully saturated rings. The van der Waals surface area contributed by atoms with E-state index in [2.05, 4.69) is 69.9 Å². The Morgan fingerprint density at radius 1 is 1.04 bits per heavy atom. The van der Waals surface area contributed by atoms with Crippen molar-refractivity contribution in [3.8, 4) is 0 Å². The summed E-state index contributed by atoms with van der Waals surface area (Å²) < 4.78 is 6.31. The fourth-order valence-corrected chi connectivity index (χ4v) is 4.54. The molecule has 0 aliphatic carbocycles. The van der Waals surface area contributed by atoms with Crippen LogP contribution in [0.5, 0.6) is 0 Å². The summed E-state index contributed by atoms with van der Waals surface area (Å²) in [5.74, 6) is 0.684. The average molecular weight is 307 g/mol. The molecule has 0 radical (unpaired) electrons. The second-order valence-electron chi connectivity index (χ2n) is 7.81. The molecule has 1 unspecified atom stereocenters. The molecule has 1 aliphatic rings. The molecule has 1 aromatic heterocycles. The van der Waals surface area contributed by atoms with Gasteiger partial charge in [0.2, 0.25) is 0 Å². The molecule has 4 rings (SSSR count). The summed E-state index contributed by atoms with van der Waals surface area (Å²) in [7, 11) is 0. The van der Waals surface area contributed by atoms with Crippen LogP contribution in [-0.2, 0) is 0 Å². The molecule has 3 aromatic rings. The van der Waals surface area contributed by atoms with Gasteiger partial charge in [-0.1, -0.05) is 37.3 Å². The third-order valence-electron chi connectivity index (χ3n) is 5.67. The van der Waals surface area contributed by atoms with E-state index in [1.165, 1.54) is 28.4 Å². The Kier molecular flexibility index (Phi) is 3.03. The molecule has 0 N–H and O–H groups in total. The molecule has 0 bridgehead atoms. The first-order valence-electron chi connectivity index (χ1n) is 8.60. The molecule has 1 saturated heterocycles. The number of furan rings is 1. The number of benzene rings is 2. The van der Waals surface area contributed by atoms with Crippen molar-refractivity contribution in [2.24, 2.45) is 5.92 Å². The van der Waals surface area contributed by atoms with Crippen LogP contribution in [0.2, 0.25) is 0 Å². The van der Waals surface area contributed by atoms with Gasteiger partial charge in [-0.05, 0) is 51.7 Å². The molecule has 2 aromatic carbocycles. The van der Waals surface area contributed by atoms with Gasteiger partial charge in [-0.3, -0.25) is 0 Å². The Morgan fingerprint density at radius 2 is 1.78 bits per heavy atom. The van der Waals surface area contributed by atoms with Gasteiger partial charge in [0.05, 0.1) is 5.69 Å². The molecular weight excluding hydrogens is 282 g/mol. The van der Waals surface area contributed by atoms with E-state index in [-0.39, 0.29) is 5.54 Å². The number of nitrogens with zero attached hydrogens (tertiary/aromatic N) is 1. The molecule has 2 heteroatoms. The molecule has 23 heavy (non-hydrogen) atoms. The summed E-state index contributed by atoms with van der Waals surface area (Å²) in [5.41, 5.74) is 4.75. The maximum absolute atomic E-state index is 6.31. The van der Waals surface area contributed by atoms with Gasteiger partial charge < -0.3 is 9.32 Å². The first kappa shape index (κ1) is 14.6.